The molecule has 0 aliphatic heterocycles. The molecule has 1 aromatic heterocycles. The van der Waals surface area contributed by atoms with Crippen molar-refractivity contribution in [3.8, 4) is 0 Å². The van der Waals surface area contributed by atoms with Crippen molar-refractivity contribution in [1.29, 1.82) is 0 Å². The van der Waals surface area contributed by atoms with Crippen LogP contribution in [0.4, 0.5) is 0 Å². The molecular formula is C21H19N3O2S. The second-order valence-corrected chi connectivity index (χ2v) is 7.04. The number of aryl methyl sites for hydroxylation is 2. The third kappa shape index (κ3) is 4.74. The first-order chi connectivity index (χ1) is 13.0. The number of nitrogens with one attached hydrogen (secondary N) is 2. The Morgan fingerprint density at radius 3 is 2.33 bits per heavy atom. The van der Waals surface area contributed by atoms with E-state index in [1.54, 1.807) is 42.6 Å². The molecule has 0 unspecified atom stereocenters. The van der Waals surface area contributed by atoms with Crippen molar-refractivity contribution in [2.75, 3.05) is 0 Å². The molecule has 0 saturated heterocycles. The number of nitrogens with zero attached hydrogens (tertiary/aromatic N) is 1. The number of pyridine rings is 1. The highest BCUT2D eigenvalue weighted by molar-refractivity contribution is 7.99. The number of hydrazine groups is 1. The molecule has 0 atom stereocenters. The van der Waals surface area contributed by atoms with Crippen molar-refractivity contribution < 1.29 is 9.59 Å². The lowest BCUT2D eigenvalue weighted by molar-refractivity contribution is 0.0844. The highest BCUT2D eigenvalue weighted by atomic mass is 32.2. The lowest BCUT2D eigenvalue weighted by atomic mass is 10.1. The topological polar surface area (TPSA) is 71.1 Å². The molecule has 0 radical (unpaired) electrons. The Balaban J connectivity index is 1.72. The van der Waals surface area contributed by atoms with Crippen LogP contribution in [0.5, 0.6) is 0 Å². The van der Waals surface area contributed by atoms with Crippen LogP contribution in [0.2, 0.25) is 0 Å². The summed E-state index contributed by atoms with van der Waals surface area (Å²) in [6.45, 7) is 4.10. The van der Waals surface area contributed by atoms with Gasteiger partial charge >= 0.3 is 0 Å². The molecule has 3 aromatic rings. The van der Waals surface area contributed by atoms with Crippen LogP contribution in [0.1, 0.15) is 31.8 Å². The van der Waals surface area contributed by atoms with Crippen LogP contribution in [0.3, 0.4) is 0 Å². The van der Waals surface area contributed by atoms with Gasteiger partial charge in [0.15, 0.2) is 0 Å². The zero-order valence-corrected chi connectivity index (χ0v) is 15.8. The first kappa shape index (κ1) is 18.7. The highest BCUT2D eigenvalue weighted by Crippen LogP contribution is 2.29. The first-order valence-corrected chi connectivity index (χ1v) is 9.22. The van der Waals surface area contributed by atoms with Gasteiger partial charge in [-0.15, -0.1) is 0 Å². The van der Waals surface area contributed by atoms with E-state index in [0.29, 0.717) is 16.2 Å². The molecule has 0 spiro atoms. The van der Waals surface area contributed by atoms with Crippen LogP contribution in [0.25, 0.3) is 0 Å². The minimum absolute atomic E-state index is 0.379. The lowest BCUT2D eigenvalue weighted by Gasteiger charge is -2.11. The van der Waals surface area contributed by atoms with Crippen molar-refractivity contribution in [1.82, 2.24) is 15.8 Å². The van der Waals surface area contributed by atoms with Gasteiger partial charge in [-0.1, -0.05) is 36.0 Å². The maximum Gasteiger partial charge on any atom is 0.272 e. The Hall–Kier alpha value is -3.12. The van der Waals surface area contributed by atoms with Crippen molar-refractivity contribution in [2.45, 2.75) is 23.8 Å². The molecule has 0 saturated carbocycles. The molecule has 5 nitrogen and oxygen atoms in total. The fourth-order valence-corrected chi connectivity index (χ4v) is 3.36. The maximum atomic E-state index is 12.5. The normalized spacial score (nSPS) is 10.3. The van der Waals surface area contributed by atoms with Crippen LogP contribution < -0.4 is 10.9 Å². The average Bonchev–Trinajstić information content (AvgIpc) is 2.70. The van der Waals surface area contributed by atoms with Crippen LogP contribution >= 0.6 is 11.8 Å². The predicted octanol–water partition coefficient (Wildman–Crippen LogP) is 3.92. The summed E-state index contributed by atoms with van der Waals surface area (Å²) >= 11 is 1.41. The van der Waals surface area contributed by atoms with Gasteiger partial charge in [-0.05, 0) is 61.4 Å². The molecule has 2 N–H and O–H groups in total. The average molecular weight is 377 g/mol. The molecular weight excluding hydrogens is 358 g/mol. The Bertz CT molecular complexity index is 974. The maximum absolute atomic E-state index is 12.5. The summed E-state index contributed by atoms with van der Waals surface area (Å²) in [5, 5.41) is 0.576. The molecule has 0 aliphatic rings. The van der Waals surface area contributed by atoms with Crippen LogP contribution in [0, 0.1) is 13.8 Å². The number of carbonyl (C=O) groups excluding carboxylic acids is 2. The Kier molecular flexibility index (Phi) is 5.88. The summed E-state index contributed by atoms with van der Waals surface area (Å²) in [4.78, 5) is 29.9. The third-order valence-electron chi connectivity index (χ3n) is 4.03. The minimum atomic E-state index is -0.418. The van der Waals surface area contributed by atoms with E-state index in [0.717, 1.165) is 4.90 Å². The zero-order valence-electron chi connectivity index (χ0n) is 15.0. The molecule has 27 heavy (non-hydrogen) atoms. The van der Waals surface area contributed by atoms with Gasteiger partial charge in [-0.3, -0.25) is 20.4 Å². The molecule has 2 aromatic carbocycles. The largest absolute Gasteiger partial charge is 0.272 e. The summed E-state index contributed by atoms with van der Waals surface area (Å²) in [6.07, 6.45) is 1.64. The zero-order chi connectivity index (χ0) is 19.2. The Morgan fingerprint density at radius 2 is 1.59 bits per heavy atom. The van der Waals surface area contributed by atoms with Gasteiger partial charge in [0.1, 0.15) is 5.03 Å². The number of carbonyl (C=O) groups is 2. The molecule has 2 amide bonds. The number of benzene rings is 2. The van der Waals surface area contributed by atoms with E-state index in [2.05, 4.69) is 28.8 Å². The first-order valence-electron chi connectivity index (χ1n) is 8.40. The van der Waals surface area contributed by atoms with Crippen LogP contribution in [0.15, 0.2) is 76.8 Å². The summed E-state index contributed by atoms with van der Waals surface area (Å²) < 4.78 is 0. The van der Waals surface area contributed by atoms with Gasteiger partial charge < -0.3 is 0 Å². The van der Waals surface area contributed by atoms with Crippen LogP contribution in [-0.2, 0) is 0 Å². The lowest BCUT2D eigenvalue weighted by Crippen LogP contribution is -2.41. The molecule has 3 rings (SSSR count). The van der Waals surface area contributed by atoms with E-state index in [4.69, 9.17) is 0 Å². The number of hydrogen-bond acceptors (Lipinski definition) is 4. The predicted molar refractivity (Wildman–Crippen MR) is 106 cm³/mol. The van der Waals surface area contributed by atoms with Gasteiger partial charge in [-0.25, -0.2) is 4.98 Å². The van der Waals surface area contributed by atoms with Crippen LogP contribution in [-0.4, -0.2) is 16.8 Å². The summed E-state index contributed by atoms with van der Waals surface area (Å²) in [6, 6.07) is 18.2. The smallest absolute Gasteiger partial charge is 0.267 e. The molecule has 0 bridgehead atoms. The number of amides is 2. The highest BCUT2D eigenvalue weighted by Gasteiger charge is 2.15. The van der Waals surface area contributed by atoms with Crippen molar-refractivity contribution in [2.24, 2.45) is 0 Å². The standard InChI is InChI=1S/C21H19N3O2S/c1-14-10-11-17(13-15(14)2)27-21-18(9-6-12-22-21)20(26)24-23-19(25)16-7-4-3-5-8-16/h3-13H,1-2H3,(H,23,25)(H,24,26). The number of rotatable bonds is 4. The number of aromatic nitrogens is 1. The van der Waals surface area contributed by atoms with Gasteiger partial charge in [0.25, 0.3) is 11.8 Å². The van der Waals surface area contributed by atoms with Crippen molar-refractivity contribution in [3.63, 3.8) is 0 Å². The second-order valence-electron chi connectivity index (χ2n) is 5.98. The summed E-state index contributed by atoms with van der Waals surface area (Å²) in [5.41, 5.74) is 8.13. The number of hydrogen-bond donors (Lipinski definition) is 2. The Morgan fingerprint density at radius 1 is 0.852 bits per heavy atom. The van der Waals surface area contributed by atoms with E-state index in [1.807, 2.05) is 25.1 Å². The van der Waals surface area contributed by atoms with E-state index in [9.17, 15) is 9.59 Å². The minimum Gasteiger partial charge on any atom is -0.267 e. The molecule has 0 fully saturated rings. The second kappa shape index (κ2) is 8.51. The van der Waals surface area contributed by atoms with E-state index < -0.39 is 5.91 Å². The van der Waals surface area contributed by atoms with Crippen molar-refractivity contribution in [3.05, 3.63) is 89.1 Å². The summed E-state index contributed by atoms with van der Waals surface area (Å²) in [7, 11) is 0. The van der Waals surface area contributed by atoms with E-state index in [-0.39, 0.29) is 5.91 Å². The van der Waals surface area contributed by atoms with Gasteiger partial charge in [0.2, 0.25) is 0 Å². The molecule has 6 heteroatoms. The van der Waals surface area contributed by atoms with Gasteiger partial charge in [0, 0.05) is 16.7 Å². The molecule has 1 heterocycles. The molecule has 0 aliphatic carbocycles. The van der Waals surface area contributed by atoms with Gasteiger partial charge in [0.05, 0.1) is 5.56 Å². The van der Waals surface area contributed by atoms with Gasteiger partial charge in [-0.2, -0.15) is 0 Å². The fourth-order valence-electron chi connectivity index (χ4n) is 2.38. The third-order valence-corrected chi connectivity index (χ3v) is 5.04. The monoisotopic (exact) mass is 377 g/mol. The quantitative estimate of drug-likeness (QED) is 0.676. The van der Waals surface area contributed by atoms with E-state index in [1.165, 1.54) is 22.9 Å². The summed E-state index contributed by atoms with van der Waals surface area (Å²) in [5.74, 6) is -0.796. The SMILES string of the molecule is Cc1ccc(Sc2ncccc2C(=O)NNC(=O)c2ccccc2)cc1C. The molecule has 136 valence electrons. The Labute approximate surface area is 162 Å². The van der Waals surface area contributed by atoms with E-state index >= 15 is 0 Å². The van der Waals surface area contributed by atoms with Crippen molar-refractivity contribution >= 4 is 23.6 Å². The fraction of sp³-hybridized carbons (Fsp3) is 0.0952.